The molecule has 5 rings (SSSR count). The van der Waals surface area contributed by atoms with Crippen LogP contribution in [0.2, 0.25) is 20.1 Å². The fourth-order valence-corrected chi connectivity index (χ4v) is 4.86. The minimum Gasteiger partial charge on any atom is -0.508 e. The van der Waals surface area contributed by atoms with Crippen molar-refractivity contribution >= 4 is 80.3 Å². The summed E-state index contributed by atoms with van der Waals surface area (Å²) in [6.07, 6.45) is 7.07. The molecule has 2 aromatic carbocycles. The summed E-state index contributed by atoms with van der Waals surface area (Å²) in [7, 11) is 0. The van der Waals surface area contributed by atoms with Gasteiger partial charge in [0.25, 0.3) is 5.91 Å². The Hall–Kier alpha value is -3.69. The lowest BCUT2D eigenvalue weighted by Gasteiger charge is -2.11. The summed E-state index contributed by atoms with van der Waals surface area (Å²) in [4.78, 5) is 26.2. The molecule has 0 radical (unpaired) electrons. The summed E-state index contributed by atoms with van der Waals surface area (Å²) >= 11 is 25.1. The normalized spacial score (nSPS) is 11.7. The van der Waals surface area contributed by atoms with E-state index in [2.05, 4.69) is 20.3 Å². The molecule has 0 saturated carbocycles. The number of anilines is 1. The first kappa shape index (κ1) is 26.9. The van der Waals surface area contributed by atoms with Crippen LogP contribution in [0.3, 0.4) is 0 Å². The molecular weight excluding hydrogens is 587 g/mol. The Labute approximate surface area is 241 Å². The summed E-state index contributed by atoms with van der Waals surface area (Å²) in [5.41, 5.74) is 2.00. The van der Waals surface area contributed by atoms with Crippen LogP contribution in [0.25, 0.3) is 10.9 Å². The lowest BCUT2D eigenvalue weighted by atomic mass is 10.1. The van der Waals surface area contributed by atoms with Crippen molar-refractivity contribution in [2.24, 2.45) is 4.99 Å². The van der Waals surface area contributed by atoms with Crippen molar-refractivity contribution in [2.45, 2.75) is 6.54 Å². The number of carbonyl (C=O) groups is 1. The summed E-state index contributed by atoms with van der Waals surface area (Å²) in [5, 5.41) is 14.0. The van der Waals surface area contributed by atoms with Gasteiger partial charge in [0.05, 0.1) is 25.8 Å². The average molecular weight is 603 g/mol. The van der Waals surface area contributed by atoms with Gasteiger partial charge in [-0.1, -0.05) is 58.5 Å². The Balaban J connectivity index is 1.70. The van der Waals surface area contributed by atoms with Crippen LogP contribution in [-0.4, -0.2) is 31.3 Å². The maximum atomic E-state index is 13.8. The number of carbonyl (C=O) groups excluding carboxylic acids is 1. The highest BCUT2D eigenvalue weighted by atomic mass is 35.5. The molecule has 0 aliphatic heterocycles. The van der Waals surface area contributed by atoms with Gasteiger partial charge in [-0.3, -0.25) is 14.8 Å². The monoisotopic (exact) mass is 601 g/mol. The summed E-state index contributed by atoms with van der Waals surface area (Å²) in [6.45, 7) is 0.342. The van der Waals surface area contributed by atoms with Crippen molar-refractivity contribution in [2.75, 3.05) is 5.32 Å². The Morgan fingerprint density at radius 3 is 2.18 bits per heavy atom. The molecule has 0 saturated heterocycles. The lowest BCUT2D eigenvalue weighted by Crippen LogP contribution is -2.24. The molecule has 12 heteroatoms. The number of aromatic nitrogens is 3. The molecule has 39 heavy (non-hydrogen) atoms. The van der Waals surface area contributed by atoms with Crippen LogP contribution < -0.4 is 5.32 Å². The third-order valence-corrected chi connectivity index (χ3v) is 6.87. The first-order chi connectivity index (χ1) is 18.7. The van der Waals surface area contributed by atoms with Crippen LogP contribution in [-0.2, 0) is 11.3 Å². The molecule has 2 N–H and O–H groups in total. The number of aliphatic imine (C=N–C) groups is 1. The van der Waals surface area contributed by atoms with E-state index < -0.39 is 5.91 Å². The molecule has 0 atom stereocenters. The Bertz CT molecular complexity index is 1720. The zero-order valence-electron chi connectivity index (χ0n) is 19.7. The molecule has 3 aromatic heterocycles. The van der Waals surface area contributed by atoms with E-state index in [0.29, 0.717) is 23.0 Å². The topological polar surface area (TPSA) is 92.4 Å². The number of nitrogens with zero attached hydrogens (tertiary/aromatic N) is 4. The van der Waals surface area contributed by atoms with E-state index in [0.717, 1.165) is 5.56 Å². The Morgan fingerprint density at radius 2 is 1.54 bits per heavy atom. The Kier molecular flexibility index (Phi) is 7.72. The number of amides is 1. The predicted octanol–water partition coefficient (Wildman–Crippen LogP) is 7.70. The number of nitrogens with one attached hydrogen (secondary N) is 1. The molecule has 0 spiro atoms. The SMILES string of the molecule is O=C(Nc1c(Cl)cncc1Cl)C(=Nc1c(Cl)cncc1Cl)c1cn(Cc2ccc(F)cc2)c2ccc(O)cc12. The fraction of sp³-hybridized carbons (Fsp3) is 0.0370. The van der Waals surface area contributed by atoms with Crippen LogP contribution in [0.5, 0.6) is 5.75 Å². The van der Waals surface area contributed by atoms with Crippen molar-refractivity contribution in [1.29, 1.82) is 0 Å². The van der Waals surface area contributed by atoms with Gasteiger partial charge < -0.3 is 15.0 Å². The molecular formula is C27H16Cl4FN5O2. The van der Waals surface area contributed by atoms with E-state index in [1.54, 1.807) is 24.4 Å². The number of hydrogen-bond acceptors (Lipinski definition) is 5. The van der Waals surface area contributed by atoms with E-state index in [9.17, 15) is 14.3 Å². The van der Waals surface area contributed by atoms with E-state index in [1.807, 2.05) is 4.57 Å². The van der Waals surface area contributed by atoms with Crippen molar-refractivity contribution in [1.82, 2.24) is 14.5 Å². The first-order valence-corrected chi connectivity index (χ1v) is 12.8. The number of phenolic OH excluding ortho intramolecular Hbond substituents is 1. The van der Waals surface area contributed by atoms with Gasteiger partial charge in [-0.2, -0.15) is 0 Å². The molecule has 0 aliphatic carbocycles. The van der Waals surface area contributed by atoms with Crippen LogP contribution >= 0.6 is 46.4 Å². The molecule has 0 bridgehead atoms. The largest absolute Gasteiger partial charge is 0.508 e. The van der Waals surface area contributed by atoms with Crippen LogP contribution in [0.15, 0.2) is 78.4 Å². The van der Waals surface area contributed by atoms with Gasteiger partial charge in [0.15, 0.2) is 0 Å². The van der Waals surface area contributed by atoms with E-state index >= 15 is 0 Å². The van der Waals surface area contributed by atoms with Gasteiger partial charge in [0, 0.05) is 54.0 Å². The summed E-state index contributed by atoms with van der Waals surface area (Å²) in [6, 6.07) is 10.8. The zero-order chi connectivity index (χ0) is 27.7. The van der Waals surface area contributed by atoms with Gasteiger partial charge >= 0.3 is 0 Å². The van der Waals surface area contributed by atoms with Gasteiger partial charge in [0.2, 0.25) is 0 Å². The number of aromatic hydroxyl groups is 1. The number of halogens is 5. The standard InChI is InChI=1S/C27H16Cl4FN5O2/c28-19-8-33-9-20(29)25(19)35-24(27(39)36-26-21(30)10-34-11-22(26)31)18-13-37(12-14-1-3-15(32)4-2-14)23-6-5-16(38)7-17(18)23/h1-11,13,38H,12H2,(H,34,36,39). The number of fused-ring (bicyclic) bond motifs is 1. The van der Waals surface area contributed by atoms with E-state index in [4.69, 9.17) is 46.4 Å². The van der Waals surface area contributed by atoms with Crippen molar-refractivity contribution in [3.8, 4) is 5.75 Å². The first-order valence-electron chi connectivity index (χ1n) is 11.3. The third-order valence-electron chi connectivity index (χ3n) is 5.74. The van der Waals surface area contributed by atoms with Gasteiger partial charge in [-0.05, 0) is 35.9 Å². The quantitative estimate of drug-likeness (QED) is 0.195. The smallest absolute Gasteiger partial charge is 0.275 e. The average Bonchev–Trinajstić information content (AvgIpc) is 3.24. The van der Waals surface area contributed by atoms with Crippen LogP contribution in [0.4, 0.5) is 15.8 Å². The second-order valence-corrected chi connectivity index (χ2v) is 9.97. The van der Waals surface area contributed by atoms with Gasteiger partial charge in [0.1, 0.15) is 23.0 Å². The predicted molar refractivity (Wildman–Crippen MR) is 152 cm³/mol. The van der Waals surface area contributed by atoms with Crippen molar-refractivity contribution in [3.05, 3.63) is 110 Å². The maximum absolute atomic E-state index is 13.8. The fourth-order valence-electron chi connectivity index (χ4n) is 3.95. The van der Waals surface area contributed by atoms with Gasteiger partial charge in [-0.15, -0.1) is 0 Å². The highest BCUT2D eigenvalue weighted by Gasteiger charge is 2.24. The Morgan fingerprint density at radius 1 is 0.923 bits per heavy atom. The lowest BCUT2D eigenvalue weighted by molar-refractivity contribution is -0.110. The highest BCUT2D eigenvalue weighted by molar-refractivity contribution is 6.53. The molecule has 1 amide bonds. The summed E-state index contributed by atoms with van der Waals surface area (Å²) < 4.78 is 15.3. The number of benzene rings is 2. The number of phenols is 1. The highest BCUT2D eigenvalue weighted by Crippen LogP contribution is 2.35. The minimum absolute atomic E-state index is 0.0248. The molecule has 0 aliphatic rings. The number of hydrogen-bond donors (Lipinski definition) is 2. The summed E-state index contributed by atoms with van der Waals surface area (Å²) in [5.74, 6) is -1.06. The van der Waals surface area contributed by atoms with Crippen molar-refractivity contribution < 1.29 is 14.3 Å². The van der Waals surface area contributed by atoms with Crippen LogP contribution in [0, 0.1) is 5.82 Å². The molecule has 7 nitrogen and oxygen atoms in total. The second kappa shape index (κ2) is 11.2. The maximum Gasteiger partial charge on any atom is 0.275 e. The zero-order valence-corrected chi connectivity index (χ0v) is 22.7. The van der Waals surface area contributed by atoms with E-state index in [1.165, 1.54) is 49.1 Å². The molecule has 0 fully saturated rings. The van der Waals surface area contributed by atoms with Crippen LogP contribution in [0.1, 0.15) is 11.1 Å². The minimum atomic E-state index is -0.682. The number of pyridine rings is 2. The number of rotatable bonds is 6. The molecule has 5 aromatic rings. The second-order valence-electron chi connectivity index (χ2n) is 8.34. The third kappa shape index (κ3) is 5.69. The van der Waals surface area contributed by atoms with E-state index in [-0.39, 0.29) is 48.7 Å². The molecule has 0 unspecified atom stereocenters. The van der Waals surface area contributed by atoms with Crippen molar-refractivity contribution in [3.63, 3.8) is 0 Å². The van der Waals surface area contributed by atoms with Gasteiger partial charge in [-0.25, -0.2) is 9.38 Å². The molecule has 3 heterocycles. The molecule has 196 valence electrons.